The lowest BCUT2D eigenvalue weighted by atomic mass is 10.1. The fourth-order valence-electron chi connectivity index (χ4n) is 3.42. The lowest BCUT2D eigenvalue weighted by Gasteiger charge is -2.10. The summed E-state index contributed by atoms with van der Waals surface area (Å²) in [5.41, 5.74) is 8.57. The average Bonchev–Trinajstić information content (AvgIpc) is 3.47. The Morgan fingerprint density at radius 2 is 1.77 bits per heavy atom. The second-order valence-electron chi connectivity index (χ2n) is 6.95. The quantitative estimate of drug-likeness (QED) is 0.535. The normalized spacial score (nSPS) is 14.2. The Hall–Kier alpha value is -3.69. The molecule has 0 bridgehead atoms. The van der Waals surface area contributed by atoms with Gasteiger partial charge in [0.05, 0.1) is 0 Å². The zero-order chi connectivity index (χ0) is 20.9. The first-order valence-corrected chi connectivity index (χ1v) is 9.21. The molecule has 10 heteroatoms. The molecule has 1 aliphatic rings. The number of imidazole rings is 1. The summed E-state index contributed by atoms with van der Waals surface area (Å²) in [7, 11) is 0. The molecule has 7 nitrogen and oxygen atoms in total. The lowest BCUT2D eigenvalue weighted by Crippen LogP contribution is -2.17. The highest BCUT2D eigenvalue weighted by molar-refractivity contribution is 5.91. The van der Waals surface area contributed by atoms with Crippen LogP contribution in [-0.2, 0) is 0 Å². The number of fused-ring (bicyclic) bond motifs is 1. The van der Waals surface area contributed by atoms with Crippen molar-refractivity contribution in [2.45, 2.75) is 25.2 Å². The molecule has 152 valence electrons. The van der Waals surface area contributed by atoms with E-state index in [-0.39, 0.29) is 17.7 Å². The van der Waals surface area contributed by atoms with Crippen LogP contribution in [0.25, 0.3) is 33.8 Å². The summed E-state index contributed by atoms with van der Waals surface area (Å²) in [5.74, 6) is 0.364. The Balaban J connectivity index is 1.72. The topological polar surface area (TPSA) is 91.7 Å². The number of nitrogen functional groups attached to an aromatic ring is 1. The molecule has 1 fully saturated rings. The third kappa shape index (κ3) is 3.40. The van der Waals surface area contributed by atoms with E-state index >= 15 is 0 Å². The number of halogens is 3. The number of hydrogen-bond acceptors (Lipinski definition) is 6. The molecule has 0 aliphatic heterocycles. The molecule has 2 N–H and O–H groups in total. The first-order valence-electron chi connectivity index (χ1n) is 9.21. The maximum absolute atomic E-state index is 12.6. The van der Waals surface area contributed by atoms with Gasteiger partial charge in [-0.2, -0.15) is 4.98 Å². The third-order valence-electron chi connectivity index (χ3n) is 4.75. The zero-order valence-electron chi connectivity index (χ0n) is 15.5. The van der Waals surface area contributed by atoms with E-state index in [4.69, 9.17) is 10.7 Å². The summed E-state index contributed by atoms with van der Waals surface area (Å²) < 4.78 is 44.0. The van der Waals surface area contributed by atoms with Gasteiger partial charge in [0, 0.05) is 29.6 Å². The van der Waals surface area contributed by atoms with E-state index < -0.39 is 6.36 Å². The Morgan fingerprint density at radius 3 is 2.47 bits per heavy atom. The Morgan fingerprint density at radius 1 is 1.00 bits per heavy atom. The van der Waals surface area contributed by atoms with Gasteiger partial charge in [-0.15, -0.1) is 13.2 Å². The highest BCUT2D eigenvalue weighted by Gasteiger charge is 2.32. The number of anilines is 1. The molecule has 1 aliphatic carbocycles. The largest absolute Gasteiger partial charge is 0.573 e. The van der Waals surface area contributed by atoms with Crippen LogP contribution in [-0.4, -0.2) is 30.9 Å². The third-order valence-corrected chi connectivity index (χ3v) is 4.75. The van der Waals surface area contributed by atoms with Gasteiger partial charge in [0.2, 0.25) is 5.95 Å². The van der Waals surface area contributed by atoms with Crippen LogP contribution in [0.1, 0.15) is 18.9 Å². The molecule has 0 spiro atoms. The minimum absolute atomic E-state index is 0.0164. The maximum atomic E-state index is 12.6. The fraction of sp³-hybridized carbons (Fsp3) is 0.200. The van der Waals surface area contributed by atoms with Gasteiger partial charge in [0.15, 0.2) is 5.65 Å². The van der Waals surface area contributed by atoms with E-state index in [0.29, 0.717) is 28.2 Å². The summed E-state index contributed by atoms with van der Waals surface area (Å²) in [6, 6.07) is 9.50. The summed E-state index contributed by atoms with van der Waals surface area (Å²) >= 11 is 0. The molecular formula is C20H15F3N6O. The summed E-state index contributed by atoms with van der Waals surface area (Å²) in [4.78, 5) is 17.5. The number of ether oxygens (including phenoxy) is 1. The van der Waals surface area contributed by atoms with Gasteiger partial charge in [-0.25, -0.2) is 9.97 Å². The lowest BCUT2D eigenvalue weighted by molar-refractivity contribution is -0.274. The Bertz CT molecular complexity index is 1230. The van der Waals surface area contributed by atoms with Gasteiger partial charge in [0.25, 0.3) is 0 Å². The van der Waals surface area contributed by atoms with Gasteiger partial charge >= 0.3 is 6.36 Å². The van der Waals surface area contributed by atoms with Crippen LogP contribution in [0, 0.1) is 0 Å². The molecule has 0 saturated heterocycles. The molecule has 3 aromatic heterocycles. The highest BCUT2D eigenvalue weighted by atomic mass is 19.4. The zero-order valence-corrected chi connectivity index (χ0v) is 15.5. The second kappa shape index (κ2) is 6.68. The van der Waals surface area contributed by atoms with E-state index in [2.05, 4.69) is 19.7 Å². The molecule has 5 rings (SSSR count). The number of nitrogens with two attached hydrogens (primary N) is 1. The van der Waals surface area contributed by atoms with Gasteiger partial charge in [0.1, 0.15) is 22.8 Å². The number of benzene rings is 1. The summed E-state index contributed by atoms with van der Waals surface area (Å²) in [5, 5.41) is 0. The molecule has 1 aromatic carbocycles. The van der Waals surface area contributed by atoms with Crippen molar-refractivity contribution in [3.05, 3.63) is 48.8 Å². The fourth-order valence-corrected chi connectivity index (χ4v) is 3.42. The Labute approximate surface area is 168 Å². The Kier molecular flexibility index (Phi) is 4.09. The van der Waals surface area contributed by atoms with Crippen LogP contribution >= 0.6 is 0 Å². The monoisotopic (exact) mass is 412 g/mol. The molecule has 0 amide bonds. The van der Waals surface area contributed by atoms with E-state index in [1.54, 1.807) is 18.5 Å². The van der Waals surface area contributed by atoms with Gasteiger partial charge in [-0.1, -0.05) is 12.1 Å². The van der Waals surface area contributed by atoms with Gasteiger partial charge in [-0.05, 0) is 37.1 Å². The second-order valence-corrected chi connectivity index (χ2v) is 6.95. The van der Waals surface area contributed by atoms with Crippen molar-refractivity contribution in [3.63, 3.8) is 0 Å². The van der Waals surface area contributed by atoms with Crippen LogP contribution in [0.15, 0.2) is 48.8 Å². The van der Waals surface area contributed by atoms with Gasteiger partial charge in [-0.3, -0.25) is 4.98 Å². The average molecular weight is 412 g/mol. The number of aromatic nitrogens is 5. The van der Waals surface area contributed by atoms with E-state index in [1.165, 1.54) is 18.2 Å². The van der Waals surface area contributed by atoms with E-state index in [1.807, 2.05) is 16.7 Å². The number of pyridine rings is 1. The predicted octanol–water partition coefficient (Wildman–Crippen LogP) is 4.37. The van der Waals surface area contributed by atoms with Crippen molar-refractivity contribution in [1.29, 1.82) is 0 Å². The van der Waals surface area contributed by atoms with Crippen LogP contribution in [0.5, 0.6) is 5.75 Å². The molecule has 0 atom stereocenters. The van der Waals surface area contributed by atoms with Crippen molar-refractivity contribution in [2.24, 2.45) is 0 Å². The molecular weight excluding hydrogens is 397 g/mol. The number of hydrogen-bond donors (Lipinski definition) is 1. The van der Waals surface area contributed by atoms with Crippen molar-refractivity contribution >= 4 is 17.1 Å². The standard InChI is InChI=1S/C20H15F3N6O/c21-20(22,23)30-14-3-1-2-12(10-14)15-16-18(28-19(24)27-15)29(13-4-5-13)17(26-16)11-6-8-25-9-7-11/h1-3,6-10,13H,4-5H2,(H2,24,27,28). The molecule has 0 radical (unpaired) electrons. The van der Waals surface area contributed by atoms with Crippen LogP contribution in [0.4, 0.5) is 19.1 Å². The number of alkyl halides is 3. The van der Waals surface area contributed by atoms with Gasteiger partial charge < -0.3 is 15.0 Å². The molecule has 1 saturated carbocycles. The minimum Gasteiger partial charge on any atom is -0.406 e. The molecule has 0 unspecified atom stereocenters. The van der Waals surface area contributed by atoms with Crippen molar-refractivity contribution < 1.29 is 17.9 Å². The predicted molar refractivity (Wildman–Crippen MR) is 103 cm³/mol. The van der Waals surface area contributed by atoms with Crippen molar-refractivity contribution in [3.8, 4) is 28.4 Å². The first-order chi connectivity index (χ1) is 14.4. The van der Waals surface area contributed by atoms with E-state index in [9.17, 15) is 13.2 Å². The highest BCUT2D eigenvalue weighted by Crippen LogP contribution is 2.42. The maximum Gasteiger partial charge on any atom is 0.573 e. The molecule has 30 heavy (non-hydrogen) atoms. The smallest absolute Gasteiger partial charge is 0.406 e. The molecule has 3 heterocycles. The summed E-state index contributed by atoms with van der Waals surface area (Å²) in [6.07, 6.45) is 0.520. The van der Waals surface area contributed by atoms with Crippen molar-refractivity contribution in [2.75, 3.05) is 5.73 Å². The number of rotatable bonds is 4. The van der Waals surface area contributed by atoms with Crippen LogP contribution in [0.2, 0.25) is 0 Å². The SMILES string of the molecule is Nc1nc(-c2cccc(OC(F)(F)F)c2)c2nc(-c3ccncc3)n(C3CC3)c2n1. The van der Waals surface area contributed by atoms with Crippen LogP contribution < -0.4 is 10.5 Å². The molecule has 4 aromatic rings. The van der Waals surface area contributed by atoms with Crippen LogP contribution in [0.3, 0.4) is 0 Å². The van der Waals surface area contributed by atoms with E-state index in [0.717, 1.165) is 18.4 Å². The van der Waals surface area contributed by atoms with Crippen molar-refractivity contribution in [1.82, 2.24) is 24.5 Å². The summed E-state index contributed by atoms with van der Waals surface area (Å²) in [6.45, 7) is 0. The first kappa shape index (κ1) is 18.3. The minimum atomic E-state index is -4.79. The number of nitrogens with zero attached hydrogens (tertiary/aromatic N) is 5.